The number of ether oxygens (including phenoxy) is 1. The molecule has 0 saturated carbocycles. The molecule has 9 heteroatoms. The predicted octanol–water partition coefficient (Wildman–Crippen LogP) is 1.82. The summed E-state index contributed by atoms with van der Waals surface area (Å²) < 4.78 is 41.9. The first-order chi connectivity index (χ1) is 10.3. The molecule has 2 rings (SSSR count). The van der Waals surface area contributed by atoms with Crippen LogP contribution < -0.4 is 10.2 Å². The van der Waals surface area contributed by atoms with Crippen molar-refractivity contribution in [2.24, 2.45) is 0 Å². The molecule has 1 aromatic rings. The number of aromatic nitrogens is 2. The molecule has 1 N–H and O–H groups in total. The Hall–Kier alpha value is -1.90. The highest BCUT2D eigenvalue weighted by atomic mass is 19.4. The maximum atomic E-state index is 12.2. The van der Waals surface area contributed by atoms with Gasteiger partial charge < -0.3 is 15.0 Å². The maximum absolute atomic E-state index is 12.2. The van der Waals surface area contributed by atoms with E-state index in [1.807, 2.05) is 4.90 Å². The summed E-state index contributed by atoms with van der Waals surface area (Å²) >= 11 is 0. The molecule has 1 aliphatic rings. The fourth-order valence-electron chi connectivity index (χ4n) is 2.15. The lowest BCUT2D eigenvalue weighted by Crippen LogP contribution is -2.37. The molecule has 22 heavy (non-hydrogen) atoms. The number of aryl methyl sites for hydroxylation is 2. The second-order valence-corrected chi connectivity index (χ2v) is 5.01. The van der Waals surface area contributed by atoms with Gasteiger partial charge in [0.05, 0.1) is 30.3 Å². The largest absolute Gasteiger partial charge is 0.397 e. The second-order valence-electron chi connectivity index (χ2n) is 5.01. The van der Waals surface area contributed by atoms with E-state index < -0.39 is 18.5 Å². The third-order valence-corrected chi connectivity index (χ3v) is 3.18. The van der Waals surface area contributed by atoms with Crippen molar-refractivity contribution >= 4 is 17.5 Å². The van der Waals surface area contributed by atoms with Crippen LogP contribution in [0, 0.1) is 13.8 Å². The highest BCUT2D eigenvalue weighted by Crippen LogP contribution is 2.24. The van der Waals surface area contributed by atoms with Crippen molar-refractivity contribution in [3.05, 3.63) is 11.4 Å². The number of hydrogen-bond donors (Lipinski definition) is 1. The SMILES string of the molecule is Cc1nc(N2CCOCC2)nc(C)c1NC(=O)CC(F)(F)F. The standard InChI is InChI=1S/C13H17F3N4O2/c1-8-11(19-10(21)7-13(14,15)16)9(2)18-12(17-8)20-3-5-22-6-4-20/h3-7H2,1-2H3,(H,19,21). The Morgan fingerprint density at radius 3 is 2.27 bits per heavy atom. The van der Waals surface area contributed by atoms with E-state index >= 15 is 0 Å². The highest BCUT2D eigenvalue weighted by Gasteiger charge is 2.31. The van der Waals surface area contributed by atoms with Crippen molar-refractivity contribution in [1.82, 2.24) is 9.97 Å². The average Bonchev–Trinajstić information content (AvgIpc) is 2.41. The Balaban J connectivity index is 2.14. The van der Waals surface area contributed by atoms with Crippen LogP contribution in [0.4, 0.5) is 24.8 Å². The molecule has 1 saturated heterocycles. The van der Waals surface area contributed by atoms with Crippen LogP contribution in [0.25, 0.3) is 0 Å². The van der Waals surface area contributed by atoms with Gasteiger partial charge in [-0.05, 0) is 13.8 Å². The van der Waals surface area contributed by atoms with Gasteiger partial charge in [0, 0.05) is 13.1 Å². The van der Waals surface area contributed by atoms with E-state index in [0.29, 0.717) is 43.6 Å². The first kappa shape index (κ1) is 16.5. The van der Waals surface area contributed by atoms with Gasteiger partial charge in [-0.2, -0.15) is 13.2 Å². The molecule has 0 spiro atoms. The maximum Gasteiger partial charge on any atom is 0.397 e. The zero-order valence-corrected chi connectivity index (χ0v) is 12.3. The normalized spacial score (nSPS) is 15.8. The molecule has 0 radical (unpaired) electrons. The van der Waals surface area contributed by atoms with Gasteiger partial charge in [-0.1, -0.05) is 0 Å². The number of anilines is 2. The highest BCUT2D eigenvalue weighted by molar-refractivity contribution is 5.92. The minimum atomic E-state index is -4.54. The summed E-state index contributed by atoms with van der Waals surface area (Å²) in [6.45, 7) is 5.71. The molecule has 1 aliphatic heterocycles. The van der Waals surface area contributed by atoms with Crippen LogP contribution in [0.3, 0.4) is 0 Å². The monoisotopic (exact) mass is 318 g/mol. The van der Waals surface area contributed by atoms with Crippen LogP contribution in [0.2, 0.25) is 0 Å². The molecule has 1 aromatic heterocycles. The summed E-state index contributed by atoms with van der Waals surface area (Å²) in [7, 11) is 0. The summed E-state index contributed by atoms with van der Waals surface area (Å²) in [5.74, 6) is -0.631. The summed E-state index contributed by atoms with van der Waals surface area (Å²) in [5.41, 5.74) is 1.10. The number of amides is 1. The number of nitrogens with one attached hydrogen (secondary N) is 1. The van der Waals surface area contributed by atoms with Gasteiger partial charge in [-0.25, -0.2) is 9.97 Å². The third-order valence-electron chi connectivity index (χ3n) is 3.18. The van der Waals surface area contributed by atoms with E-state index in [1.165, 1.54) is 0 Å². The molecular formula is C13H17F3N4O2. The smallest absolute Gasteiger partial charge is 0.378 e. The van der Waals surface area contributed by atoms with Crippen LogP contribution in [0.5, 0.6) is 0 Å². The topological polar surface area (TPSA) is 67.3 Å². The number of carbonyl (C=O) groups excluding carboxylic acids is 1. The number of halogens is 3. The molecule has 1 amide bonds. The molecule has 1 fully saturated rings. The molecule has 0 unspecified atom stereocenters. The molecule has 0 aromatic carbocycles. The van der Waals surface area contributed by atoms with Gasteiger partial charge in [0.1, 0.15) is 6.42 Å². The lowest BCUT2D eigenvalue weighted by atomic mass is 10.2. The Morgan fingerprint density at radius 1 is 1.23 bits per heavy atom. The average molecular weight is 318 g/mol. The lowest BCUT2D eigenvalue weighted by Gasteiger charge is -2.27. The number of alkyl halides is 3. The zero-order valence-electron chi connectivity index (χ0n) is 12.3. The summed E-state index contributed by atoms with van der Waals surface area (Å²) in [6.07, 6.45) is -6.07. The predicted molar refractivity (Wildman–Crippen MR) is 73.8 cm³/mol. The van der Waals surface area contributed by atoms with Gasteiger partial charge in [0.15, 0.2) is 0 Å². The fourth-order valence-corrected chi connectivity index (χ4v) is 2.15. The minimum Gasteiger partial charge on any atom is -0.378 e. The molecule has 0 bridgehead atoms. The zero-order chi connectivity index (χ0) is 16.3. The minimum absolute atomic E-state index is 0.228. The van der Waals surface area contributed by atoms with Crippen LogP contribution >= 0.6 is 0 Å². The van der Waals surface area contributed by atoms with E-state index in [4.69, 9.17) is 4.74 Å². The Morgan fingerprint density at radius 2 is 1.77 bits per heavy atom. The Bertz CT molecular complexity index is 534. The van der Waals surface area contributed by atoms with Crippen LogP contribution in [-0.4, -0.2) is 48.4 Å². The quantitative estimate of drug-likeness (QED) is 0.921. The number of rotatable bonds is 3. The molecule has 0 atom stereocenters. The van der Waals surface area contributed by atoms with Crippen LogP contribution in [-0.2, 0) is 9.53 Å². The summed E-state index contributed by atoms with van der Waals surface area (Å²) in [4.78, 5) is 21.9. The van der Waals surface area contributed by atoms with Crippen molar-refractivity contribution < 1.29 is 22.7 Å². The first-order valence-electron chi connectivity index (χ1n) is 6.81. The summed E-state index contributed by atoms with van der Waals surface area (Å²) in [5, 5.41) is 2.24. The van der Waals surface area contributed by atoms with Crippen LogP contribution in [0.15, 0.2) is 0 Å². The van der Waals surface area contributed by atoms with E-state index in [-0.39, 0.29) is 5.69 Å². The van der Waals surface area contributed by atoms with Crippen LogP contribution in [0.1, 0.15) is 17.8 Å². The van der Waals surface area contributed by atoms with Gasteiger partial charge in [0.25, 0.3) is 0 Å². The van der Waals surface area contributed by atoms with Gasteiger partial charge in [-0.15, -0.1) is 0 Å². The first-order valence-corrected chi connectivity index (χ1v) is 6.81. The number of hydrogen-bond acceptors (Lipinski definition) is 5. The summed E-state index contributed by atoms with van der Waals surface area (Å²) in [6, 6.07) is 0. The lowest BCUT2D eigenvalue weighted by molar-refractivity contribution is -0.150. The van der Waals surface area contributed by atoms with Gasteiger partial charge in [0.2, 0.25) is 11.9 Å². The molecule has 122 valence electrons. The van der Waals surface area contributed by atoms with Crippen molar-refractivity contribution in [2.45, 2.75) is 26.4 Å². The van der Waals surface area contributed by atoms with Gasteiger partial charge >= 0.3 is 6.18 Å². The Kier molecular flexibility index (Phi) is 4.84. The number of carbonyl (C=O) groups is 1. The van der Waals surface area contributed by atoms with Crippen molar-refractivity contribution in [1.29, 1.82) is 0 Å². The number of morpholine rings is 1. The molecule has 6 nitrogen and oxygen atoms in total. The second kappa shape index (κ2) is 6.47. The molecule has 0 aliphatic carbocycles. The third kappa shape index (κ3) is 4.30. The van der Waals surface area contributed by atoms with Crippen molar-refractivity contribution in [3.8, 4) is 0 Å². The fraction of sp³-hybridized carbons (Fsp3) is 0.615. The van der Waals surface area contributed by atoms with E-state index in [9.17, 15) is 18.0 Å². The van der Waals surface area contributed by atoms with E-state index in [1.54, 1.807) is 13.8 Å². The molecule has 2 heterocycles. The Labute approximate surface area is 125 Å². The van der Waals surface area contributed by atoms with E-state index in [2.05, 4.69) is 15.3 Å². The van der Waals surface area contributed by atoms with Gasteiger partial charge in [-0.3, -0.25) is 4.79 Å². The van der Waals surface area contributed by atoms with E-state index in [0.717, 1.165) is 0 Å². The van der Waals surface area contributed by atoms with Crippen molar-refractivity contribution in [2.75, 3.05) is 36.5 Å². The molecular weight excluding hydrogens is 301 g/mol. The number of nitrogens with zero attached hydrogens (tertiary/aromatic N) is 3. The van der Waals surface area contributed by atoms with Crippen molar-refractivity contribution in [3.63, 3.8) is 0 Å².